The van der Waals surface area contributed by atoms with E-state index in [0.29, 0.717) is 23.8 Å². The zero-order valence-corrected chi connectivity index (χ0v) is 33.6. The lowest BCUT2D eigenvalue weighted by Gasteiger charge is -2.27. The summed E-state index contributed by atoms with van der Waals surface area (Å²) in [6, 6.07) is 28.8. The smallest absolute Gasteiger partial charge is 0.407 e. The van der Waals surface area contributed by atoms with Crippen LogP contribution in [-0.4, -0.2) is 87.6 Å². The number of aromatic amines is 2. The van der Waals surface area contributed by atoms with Gasteiger partial charge in [0, 0.05) is 18.7 Å². The minimum atomic E-state index is -0.955. The lowest BCUT2D eigenvalue weighted by atomic mass is 9.98. The Morgan fingerprint density at radius 1 is 0.729 bits per heavy atom. The van der Waals surface area contributed by atoms with Crippen molar-refractivity contribution in [3.8, 4) is 33.6 Å². The van der Waals surface area contributed by atoms with E-state index >= 15 is 0 Å². The summed E-state index contributed by atoms with van der Waals surface area (Å²) in [5.41, 5.74) is 7.06. The molecule has 14 heteroatoms. The Labute approximate surface area is 342 Å². The van der Waals surface area contributed by atoms with Gasteiger partial charge in [-0.15, -0.1) is 0 Å². The van der Waals surface area contributed by atoms with Gasteiger partial charge in [-0.2, -0.15) is 0 Å². The molecule has 0 fully saturated rings. The molecule has 0 spiro atoms. The molecular weight excluding hydrogens is 749 g/mol. The lowest BCUT2D eigenvalue weighted by Crippen LogP contribution is -2.43. The number of aromatic nitrogens is 4. The SMILES string of the molecule is C=C(C)CN(Cc1ncc(-c2ccc(-c3ccc4cc(-c5cnc(CN(CCC)C(=O)CNC(=O)OC)[nH]5)ccc4c3)cc2)[nH]1)C(=O)[C@H](NC(=O)OC)c1ccccc1. The fraction of sp³-hybridized carbons (Fsp3) is 0.244. The number of alkyl carbamates (subject to hydrolysis) is 2. The average molecular weight is 797 g/mol. The minimum Gasteiger partial charge on any atom is -0.453 e. The summed E-state index contributed by atoms with van der Waals surface area (Å²) in [6.07, 6.45) is 2.91. The quantitative estimate of drug-likeness (QED) is 0.0734. The van der Waals surface area contributed by atoms with Crippen molar-refractivity contribution in [3.63, 3.8) is 0 Å². The summed E-state index contributed by atoms with van der Waals surface area (Å²) in [5, 5.41) is 7.26. The summed E-state index contributed by atoms with van der Waals surface area (Å²) in [6.45, 7) is 8.95. The van der Waals surface area contributed by atoms with Gasteiger partial charge in [0.15, 0.2) is 0 Å². The maximum Gasteiger partial charge on any atom is 0.407 e. The largest absolute Gasteiger partial charge is 0.453 e. The second-order valence-corrected chi connectivity index (χ2v) is 14.1. The van der Waals surface area contributed by atoms with Crippen LogP contribution in [0, 0.1) is 0 Å². The summed E-state index contributed by atoms with van der Waals surface area (Å²) >= 11 is 0. The van der Waals surface area contributed by atoms with Crippen LogP contribution in [0.15, 0.2) is 116 Å². The normalized spacial score (nSPS) is 11.4. The molecule has 0 aliphatic heterocycles. The van der Waals surface area contributed by atoms with E-state index in [-0.39, 0.29) is 38.0 Å². The number of fused-ring (bicyclic) bond motifs is 1. The predicted octanol–water partition coefficient (Wildman–Crippen LogP) is 7.38. The molecule has 2 aromatic heterocycles. The van der Waals surface area contributed by atoms with Gasteiger partial charge in [-0.05, 0) is 58.5 Å². The highest BCUT2D eigenvalue weighted by Gasteiger charge is 2.29. The van der Waals surface area contributed by atoms with Gasteiger partial charge in [0.25, 0.3) is 5.91 Å². The Balaban J connectivity index is 1.12. The third kappa shape index (κ3) is 10.6. The molecule has 59 heavy (non-hydrogen) atoms. The molecule has 6 aromatic rings. The van der Waals surface area contributed by atoms with Crippen LogP contribution in [0.2, 0.25) is 0 Å². The Morgan fingerprint density at radius 3 is 1.90 bits per heavy atom. The summed E-state index contributed by atoms with van der Waals surface area (Å²) in [5.74, 6) is 0.690. The van der Waals surface area contributed by atoms with E-state index in [1.807, 2.05) is 50.2 Å². The number of ether oxygens (including phenoxy) is 2. The second-order valence-electron chi connectivity index (χ2n) is 14.1. The van der Waals surface area contributed by atoms with Crippen LogP contribution in [-0.2, 0) is 32.2 Å². The maximum atomic E-state index is 13.9. The van der Waals surface area contributed by atoms with Crippen molar-refractivity contribution in [3.05, 3.63) is 133 Å². The number of hydrogen-bond donors (Lipinski definition) is 4. The Hall–Kier alpha value is -7.22. The van der Waals surface area contributed by atoms with Gasteiger partial charge in [0.05, 0.1) is 51.1 Å². The molecule has 304 valence electrons. The highest BCUT2D eigenvalue weighted by Crippen LogP contribution is 2.30. The number of H-pyrrole nitrogens is 2. The van der Waals surface area contributed by atoms with Gasteiger partial charge in [-0.1, -0.05) is 97.9 Å². The Bertz CT molecular complexity index is 2420. The van der Waals surface area contributed by atoms with E-state index in [1.54, 1.807) is 34.3 Å². The number of methoxy groups -OCH3 is 2. The molecule has 1 atom stereocenters. The van der Waals surface area contributed by atoms with Crippen molar-refractivity contribution in [2.45, 2.75) is 39.4 Å². The molecule has 0 saturated heterocycles. The summed E-state index contributed by atoms with van der Waals surface area (Å²) < 4.78 is 9.38. The van der Waals surface area contributed by atoms with Crippen molar-refractivity contribution < 1.29 is 28.7 Å². The first-order valence-corrected chi connectivity index (χ1v) is 19.2. The molecule has 4 amide bonds. The van der Waals surface area contributed by atoms with Crippen LogP contribution >= 0.6 is 0 Å². The number of amides is 4. The van der Waals surface area contributed by atoms with Gasteiger partial charge >= 0.3 is 12.2 Å². The third-order valence-electron chi connectivity index (χ3n) is 9.63. The topological polar surface area (TPSA) is 175 Å². The maximum absolute atomic E-state index is 13.9. The molecule has 2 heterocycles. The van der Waals surface area contributed by atoms with Crippen molar-refractivity contribution in [2.24, 2.45) is 0 Å². The lowest BCUT2D eigenvalue weighted by molar-refractivity contribution is -0.134. The zero-order chi connectivity index (χ0) is 41.9. The van der Waals surface area contributed by atoms with Crippen LogP contribution in [0.4, 0.5) is 9.59 Å². The number of benzene rings is 4. The summed E-state index contributed by atoms with van der Waals surface area (Å²) in [4.78, 5) is 69.4. The second kappa shape index (κ2) is 19.3. The monoisotopic (exact) mass is 796 g/mol. The van der Waals surface area contributed by atoms with Crippen LogP contribution < -0.4 is 10.6 Å². The highest BCUT2D eigenvalue weighted by molar-refractivity contribution is 5.91. The number of carbonyl (C=O) groups is 4. The minimum absolute atomic E-state index is 0.154. The molecule has 4 aromatic carbocycles. The number of hydrogen-bond acceptors (Lipinski definition) is 8. The van der Waals surface area contributed by atoms with E-state index in [0.717, 1.165) is 56.4 Å². The van der Waals surface area contributed by atoms with Crippen LogP contribution in [0.5, 0.6) is 0 Å². The Morgan fingerprint density at radius 2 is 1.29 bits per heavy atom. The van der Waals surface area contributed by atoms with Crippen molar-refractivity contribution in [2.75, 3.05) is 33.9 Å². The summed E-state index contributed by atoms with van der Waals surface area (Å²) in [7, 11) is 2.51. The predicted molar refractivity (Wildman–Crippen MR) is 226 cm³/mol. The molecule has 0 aliphatic carbocycles. The average Bonchev–Trinajstić information content (AvgIpc) is 3.94. The highest BCUT2D eigenvalue weighted by atomic mass is 16.5. The van der Waals surface area contributed by atoms with Crippen LogP contribution in [0.3, 0.4) is 0 Å². The zero-order valence-electron chi connectivity index (χ0n) is 33.6. The molecule has 14 nitrogen and oxygen atoms in total. The molecule has 0 saturated carbocycles. The Kier molecular flexibility index (Phi) is 13.5. The number of nitrogens with one attached hydrogen (secondary N) is 4. The van der Waals surface area contributed by atoms with Gasteiger partial charge in [-0.3, -0.25) is 9.59 Å². The number of rotatable bonds is 16. The van der Waals surface area contributed by atoms with Gasteiger partial charge in [-0.25, -0.2) is 19.6 Å². The first-order valence-electron chi connectivity index (χ1n) is 19.2. The molecule has 6 rings (SSSR count). The molecule has 4 N–H and O–H groups in total. The van der Waals surface area contributed by atoms with Crippen molar-refractivity contribution in [1.29, 1.82) is 0 Å². The van der Waals surface area contributed by atoms with E-state index < -0.39 is 18.2 Å². The van der Waals surface area contributed by atoms with Crippen LogP contribution in [0.25, 0.3) is 44.4 Å². The third-order valence-corrected chi connectivity index (χ3v) is 9.63. The standard InChI is InChI=1S/C45H48N8O6/c1-6-20-52(41(54)25-48-44(56)58-4)27-39-47-24-38(50-39)36-19-18-34-21-33(16-17-35(34)22-36)30-12-14-31(15-13-30)37-23-46-40(49-37)28-53(26-29(2)3)43(55)42(51-45(57)59-5)32-10-8-7-9-11-32/h7-19,21-24,42H,2,6,20,25-28H2,1,3-5H3,(H,46,49)(H,47,50)(H,48,56)(H,51,57)/t42-/m1/s1. The molecule has 0 bridgehead atoms. The first-order chi connectivity index (χ1) is 28.5. The first kappa shape index (κ1) is 41.4. The fourth-order valence-corrected chi connectivity index (χ4v) is 6.70. The van der Waals surface area contributed by atoms with Gasteiger partial charge in [0.2, 0.25) is 5.91 Å². The number of carbonyl (C=O) groups excluding carboxylic acids is 4. The van der Waals surface area contributed by atoms with E-state index in [4.69, 9.17) is 4.74 Å². The van der Waals surface area contributed by atoms with Crippen molar-refractivity contribution in [1.82, 2.24) is 40.4 Å². The van der Waals surface area contributed by atoms with Crippen LogP contribution in [0.1, 0.15) is 43.5 Å². The van der Waals surface area contributed by atoms with Gasteiger partial charge in [0.1, 0.15) is 24.2 Å². The number of nitrogens with zero attached hydrogens (tertiary/aromatic N) is 4. The van der Waals surface area contributed by atoms with E-state index in [9.17, 15) is 19.2 Å². The molecular formula is C45H48N8O6. The number of imidazole rings is 2. The van der Waals surface area contributed by atoms with E-state index in [1.165, 1.54) is 14.2 Å². The van der Waals surface area contributed by atoms with Crippen molar-refractivity contribution >= 4 is 34.8 Å². The van der Waals surface area contributed by atoms with Gasteiger partial charge < -0.3 is 39.9 Å². The molecule has 0 aliphatic rings. The fourth-order valence-electron chi connectivity index (χ4n) is 6.70. The molecule has 0 radical (unpaired) electrons. The molecule has 0 unspecified atom stereocenters. The van der Waals surface area contributed by atoms with E-state index in [2.05, 4.69) is 84.3 Å².